The third kappa shape index (κ3) is 4.29. The second kappa shape index (κ2) is 8.15. The molecule has 1 amide bonds. The van der Waals surface area contributed by atoms with E-state index < -0.39 is 0 Å². The molecule has 0 saturated carbocycles. The van der Waals surface area contributed by atoms with E-state index in [-0.39, 0.29) is 17.7 Å². The molecule has 3 rings (SSSR count). The van der Waals surface area contributed by atoms with Gasteiger partial charge in [-0.3, -0.25) is 9.59 Å². The Morgan fingerprint density at radius 1 is 1.04 bits per heavy atom. The van der Waals surface area contributed by atoms with Gasteiger partial charge in [0.15, 0.2) is 11.8 Å². The first-order valence-electron chi connectivity index (χ1n) is 9.11. The molecule has 1 atom stereocenters. The van der Waals surface area contributed by atoms with E-state index in [4.69, 9.17) is 0 Å². The first kappa shape index (κ1) is 18.1. The van der Waals surface area contributed by atoms with Gasteiger partial charge in [0, 0.05) is 16.9 Å². The van der Waals surface area contributed by atoms with Gasteiger partial charge in [0.05, 0.1) is 26.2 Å². The number of piperazine rings is 1. The van der Waals surface area contributed by atoms with Crippen molar-refractivity contribution in [1.82, 2.24) is 0 Å². The number of ketones is 1. The Labute approximate surface area is 154 Å². The van der Waals surface area contributed by atoms with E-state index >= 15 is 0 Å². The van der Waals surface area contributed by atoms with E-state index in [0.717, 1.165) is 26.2 Å². The largest absolute Gasteiger partial charge is 0.360 e. The second-order valence-corrected chi connectivity index (χ2v) is 6.83. The topological polar surface area (TPSA) is 53.9 Å². The summed E-state index contributed by atoms with van der Waals surface area (Å²) in [7, 11) is 0. The lowest BCUT2D eigenvalue weighted by atomic mass is 10.1. The fourth-order valence-electron chi connectivity index (χ4n) is 3.38. The Bertz CT molecular complexity index is 768. The molecule has 1 aliphatic heterocycles. The van der Waals surface area contributed by atoms with Gasteiger partial charge in [-0.2, -0.15) is 0 Å². The summed E-state index contributed by atoms with van der Waals surface area (Å²) >= 11 is 0. The molecule has 2 N–H and O–H groups in total. The maximum atomic E-state index is 12.6. The fourth-order valence-corrected chi connectivity index (χ4v) is 3.38. The van der Waals surface area contributed by atoms with Crippen LogP contribution in [0.4, 0.5) is 11.4 Å². The molecule has 2 aromatic rings. The monoisotopic (exact) mass is 352 g/mol. The number of carbonyl (C=O) groups excluding carboxylic acids is 2. The number of hydrogen-bond donors (Lipinski definition) is 2. The molecule has 5 heteroatoms. The number of benzene rings is 2. The summed E-state index contributed by atoms with van der Waals surface area (Å²) in [6.07, 6.45) is 0. The van der Waals surface area contributed by atoms with Crippen LogP contribution < -0.4 is 15.1 Å². The highest BCUT2D eigenvalue weighted by molar-refractivity contribution is 5.97. The molecule has 136 valence electrons. The minimum Gasteiger partial charge on any atom is -0.360 e. The molecule has 1 aliphatic rings. The number of nitrogens with one attached hydrogen (secondary N) is 2. The number of rotatable bonds is 5. The van der Waals surface area contributed by atoms with Crippen molar-refractivity contribution < 1.29 is 14.5 Å². The molecule has 1 fully saturated rings. The van der Waals surface area contributed by atoms with Crippen LogP contribution in [-0.4, -0.2) is 43.9 Å². The van der Waals surface area contributed by atoms with Crippen LogP contribution in [0.25, 0.3) is 0 Å². The molecule has 26 heavy (non-hydrogen) atoms. The molecule has 0 aromatic heterocycles. The third-order valence-electron chi connectivity index (χ3n) is 5.07. The van der Waals surface area contributed by atoms with E-state index in [1.54, 1.807) is 18.2 Å². The summed E-state index contributed by atoms with van der Waals surface area (Å²) < 4.78 is 0. The summed E-state index contributed by atoms with van der Waals surface area (Å²) in [6.45, 7) is 7.24. The second-order valence-electron chi connectivity index (χ2n) is 6.83. The van der Waals surface area contributed by atoms with Crippen LogP contribution in [0.3, 0.4) is 0 Å². The van der Waals surface area contributed by atoms with Gasteiger partial charge in [0.1, 0.15) is 0 Å². The van der Waals surface area contributed by atoms with Crippen molar-refractivity contribution in [3.05, 3.63) is 60.2 Å². The lowest BCUT2D eigenvalue weighted by molar-refractivity contribution is -0.914. The molecule has 0 spiro atoms. The number of carbonyl (C=O) groups is 2. The number of Topliss-reactive ketones (excluding diaryl/α,β-unsaturated/α-hetero) is 1. The quantitative estimate of drug-likeness (QED) is 0.804. The van der Waals surface area contributed by atoms with Crippen LogP contribution in [0.2, 0.25) is 0 Å². The lowest BCUT2D eigenvalue weighted by Gasteiger charge is -2.36. The van der Waals surface area contributed by atoms with Gasteiger partial charge < -0.3 is 15.1 Å². The summed E-state index contributed by atoms with van der Waals surface area (Å²) in [5.41, 5.74) is 2.53. The molecule has 0 aliphatic carbocycles. The normalized spacial score (nSPS) is 16.2. The fraction of sp³-hybridized carbons (Fsp3) is 0.333. The standard InChI is InChI=1S/C21H25N3O2/c1-16(21(26)22-19-8-6-7-18(15-19)17(2)25)23-11-13-24(14-12-23)20-9-4-3-5-10-20/h3-10,15-16H,11-14H2,1-2H3,(H,22,26)/p+1/t16-/m1/s1. The van der Waals surface area contributed by atoms with Gasteiger partial charge in [-0.15, -0.1) is 0 Å². The van der Waals surface area contributed by atoms with Crippen LogP contribution in [0.15, 0.2) is 54.6 Å². The summed E-state index contributed by atoms with van der Waals surface area (Å²) in [5.74, 6) is -0.00864. The zero-order chi connectivity index (χ0) is 18.5. The molecule has 2 aromatic carbocycles. The van der Waals surface area contributed by atoms with E-state index in [2.05, 4.69) is 34.5 Å². The predicted octanol–water partition coefficient (Wildman–Crippen LogP) is 1.62. The third-order valence-corrected chi connectivity index (χ3v) is 5.07. The first-order valence-corrected chi connectivity index (χ1v) is 9.11. The van der Waals surface area contributed by atoms with Crippen molar-refractivity contribution in [1.29, 1.82) is 0 Å². The van der Waals surface area contributed by atoms with E-state index in [9.17, 15) is 9.59 Å². The number of quaternary nitrogens is 1. The molecule has 1 heterocycles. The molecule has 0 radical (unpaired) electrons. The lowest BCUT2D eigenvalue weighted by Crippen LogP contribution is -3.19. The summed E-state index contributed by atoms with van der Waals surface area (Å²) in [5, 5.41) is 2.95. The van der Waals surface area contributed by atoms with Crippen molar-refractivity contribution in [2.45, 2.75) is 19.9 Å². The van der Waals surface area contributed by atoms with Gasteiger partial charge in [-0.1, -0.05) is 30.3 Å². The minimum atomic E-state index is -0.131. The molecule has 1 saturated heterocycles. The van der Waals surface area contributed by atoms with Crippen LogP contribution in [-0.2, 0) is 4.79 Å². The number of hydrogen-bond acceptors (Lipinski definition) is 3. The highest BCUT2D eigenvalue weighted by Gasteiger charge is 2.29. The van der Waals surface area contributed by atoms with E-state index in [1.807, 2.05) is 19.1 Å². The Morgan fingerprint density at radius 3 is 2.38 bits per heavy atom. The van der Waals surface area contributed by atoms with Gasteiger partial charge in [0.25, 0.3) is 5.91 Å². The molecular formula is C21H26N3O2+. The van der Waals surface area contributed by atoms with E-state index in [1.165, 1.54) is 17.5 Å². The van der Waals surface area contributed by atoms with Crippen molar-refractivity contribution in [3.63, 3.8) is 0 Å². The number of nitrogens with zero attached hydrogens (tertiary/aromatic N) is 1. The van der Waals surface area contributed by atoms with Crippen molar-refractivity contribution in [2.24, 2.45) is 0 Å². The maximum Gasteiger partial charge on any atom is 0.282 e. The first-order chi connectivity index (χ1) is 12.5. The van der Waals surface area contributed by atoms with Gasteiger partial charge >= 0.3 is 0 Å². The highest BCUT2D eigenvalue weighted by Crippen LogP contribution is 2.13. The predicted molar refractivity (Wildman–Crippen MR) is 104 cm³/mol. The van der Waals surface area contributed by atoms with Crippen molar-refractivity contribution >= 4 is 23.1 Å². The van der Waals surface area contributed by atoms with Gasteiger partial charge in [0.2, 0.25) is 0 Å². The SMILES string of the molecule is CC(=O)c1cccc(NC(=O)[C@@H](C)[NH+]2CCN(c3ccccc3)CC2)c1. The van der Waals surface area contributed by atoms with Crippen LogP contribution in [0.5, 0.6) is 0 Å². The Balaban J connectivity index is 1.56. The number of para-hydroxylation sites is 1. The molecular weight excluding hydrogens is 326 g/mol. The Hall–Kier alpha value is -2.66. The highest BCUT2D eigenvalue weighted by atomic mass is 16.2. The molecule has 0 unspecified atom stereocenters. The Morgan fingerprint density at radius 2 is 1.73 bits per heavy atom. The average molecular weight is 352 g/mol. The van der Waals surface area contributed by atoms with Crippen LogP contribution >= 0.6 is 0 Å². The molecule has 0 bridgehead atoms. The van der Waals surface area contributed by atoms with Crippen LogP contribution in [0.1, 0.15) is 24.2 Å². The zero-order valence-electron chi connectivity index (χ0n) is 15.4. The van der Waals surface area contributed by atoms with E-state index in [0.29, 0.717) is 11.3 Å². The zero-order valence-corrected chi connectivity index (χ0v) is 15.4. The van der Waals surface area contributed by atoms with Crippen LogP contribution in [0, 0.1) is 0 Å². The minimum absolute atomic E-state index is 0.00296. The summed E-state index contributed by atoms with van der Waals surface area (Å²) in [6, 6.07) is 17.4. The number of amides is 1. The Kier molecular flexibility index (Phi) is 5.68. The number of anilines is 2. The summed E-state index contributed by atoms with van der Waals surface area (Å²) in [4.78, 5) is 27.8. The molecule has 5 nitrogen and oxygen atoms in total. The smallest absolute Gasteiger partial charge is 0.282 e. The van der Waals surface area contributed by atoms with Gasteiger partial charge in [-0.25, -0.2) is 0 Å². The van der Waals surface area contributed by atoms with Crippen molar-refractivity contribution in [3.8, 4) is 0 Å². The maximum absolute atomic E-state index is 12.6. The van der Waals surface area contributed by atoms with Gasteiger partial charge in [-0.05, 0) is 38.1 Å². The average Bonchev–Trinajstić information content (AvgIpc) is 2.68. The van der Waals surface area contributed by atoms with Crippen molar-refractivity contribution in [2.75, 3.05) is 36.4 Å².